The topological polar surface area (TPSA) is 35.5 Å². The lowest BCUT2D eigenvalue weighted by atomic mass is 10.0. The van der Waals surface area contributed by atoms with Crippen molar-refractivity contribution in [1.82, 2.24) is 0 Å². The zero-order valence-corrected chi connectivity index (χ0v) is 15.7. The molecule has 0 bridgehead atoms. The van der Waals surface area contributed by atoms with Crippen LogP contribution in [0.5, 0.6) is 0 Å². The van der Waals surface area contributed by atoms with Crippen molar-refractivity contribution >= 4 is 5.97 Å². The average molecular weight is 335 g/mol. The average Bonchev–Trinajstić information content (AvgIpc) is 2.62. The van der Waals surface area contributed by atoms with Crippen LogP contribution < -0.4 is 0 Å². The summed E-state index contributed by atoms with van der Waals surface area (Å²) in [6, 6.07) is 6.01. The molecular formula is C21H34O3. The highest BCUT2D eigenvalue weighted by Gasteiger charge is 2.09. The van der Waals surface area contributed by atoms with Crippen molar-refractivity contribution in [1.29, 1.82) is 0 Å². The van der Waals surface area contributed by atoms with Gasteiger partial charge in [-0.25, -0.2) is 4.79 Å². The predicted octanol–water partition coefficient (Wildman–Crippen LogP) is 5.35. The van der Waals surface area contributed by atoms with Gasteiger partial charge >= 0.3 is 5.97 Å². The standard InChI is InChI=1S/C21H34O3/c1-4-7-8-9-10-11-12-23-13-14-24-21(22)20-16-18(5-2)15-19(6-3)17-20/h15-17H,4-14H2,1-3H3. The lowest BCUT2D eigenvalue weighted by molar-refractivity contribution is 0.0312. The Bertz CT molecular complexity index is 446. The molecule has 0 amide bonds. The van der Waals surface area contributed by atoms with Crippen molar-refractivity contribution < 1.29 is 14.3 Å². The molecule has 136 valence electrons. The predicted molar refractivity (Wildman–Crippen MR) is 99.7 cm³/mol. The van der Waals surface area contributed by atoms with Gasteiger partial charge in [-0.1, -0.05) is 58.9 Å². The molecule has 1 aromatic rings. The number of ether oxygens (including phenoxy) is 2. The number of unbranched alkanes of at least 4 members (excludes halogenated alkanes) is 5. The minimum atomic E-state index is -0.247. The smallest absolute Gasteiger partial charge is 0.338 e. The number of benzene rings is 1. The summed E-state index contributed by atoms with van der Waals surface area (Å²) < 4.78 is 10.9. The molecule has 0 radical (unpaired) electrons. The molecule has 0 aliphatic heterocycles. The van der Waals surface area contributed by atoms with E-state index in [0.717, 1.165) is 25.9 Å². The molecule has 3 nitrogen and oxygen atoms in total. The molecule has 0 saturated heterocycles. The third-order valence-electron chi connectivity index (χ3n) is 4.21. The molecule has 1 rings (SSSR count). The van der Waals surface area contributed by atoms with Crippen LogP contribution in [0.25, 0.3) is 0 Å². The van der Waals surface area contributed by atoms with Gasteiger partial charge in [0.2, 0.25) is 0 Å². The van der Waals surface area contributed by atoms with E-state index in [4.69, 9.17) is 9.47 Å². The van der Waals surface area contributed by atoms with Crippen molar-refractivity contribution in [3.63, 3.8) is 0 Å². The van der Waals surface area contributed by atoms with E-state index in [9.17, 15) is 4.79 Å². The first kappa shape index (κ1) is 20.7. The molecule has 0 aliphatic carbocycles. The first-order valence-electron chi connectivity index (χ1n) is 9.58. The SMILES string of the molecule is CCCCCCCCOCCOC(=O)c1cc(CC)cc(CC)c1. The molecule has 0 spiro atoms. The normalized spacial score (nSPS) is 10.8. The molecule has 0 N–H and O–H groups in total. The zero-order chi connectivity index (χ0) is 17.6. The van der Waals surface area contributed by atoms with Gasteiger partial charge in [0, 0.05) is 6.61 Å². The molecule has 3 heteroatoms. The second kappa shape index (κ2) is 13.0. The second-order valence-electron chi connectivity index (χ2n) is 6.26. The van der Waals surface area contributed by atoms with Gasteiger partial charge in [0.25, 0.3) is 0 Å². The van der Waals surface area contributed by atoms with E-state index in [2.05, 4.69) is 26.8 Å². The summed E-state index contributed by atoms with van der Waals surface area (Å²) in [5.74, 6) is -0.247. The molecule has 0 unspecified atom stereocenters. The number of aryl methyl sites for hydroxylation is 2. The van der Waals surface area contributed by atoms with Gasteiger partial charge in [0.05, 0.1) is 12.2 Å². The van der Waals surface area contributed by atoms with E-state index >= 15 is 0 Å². The number of carbonyl (C=O) groups is 1. The third-order valence-corrected chi connectivity index (χ3v) is 4.21. The van der Waals surface area contributed by atoms with Crippen molar-refractivity contribution in [3.8, 4) is 0 Å². The maximum absolute atomic E-state index is 12.1. The van der Waals surface area contributed by atoms with Crippen LogP contribution in [0, 0.1) is 0 Å². The summed E-state index contributed by atoms with van der Waals surface area (Å²) in [5.41, 5.74) is 3.02. The van der Waals surface area contributed by atoms with Gasteiger partial charge in [0.1, 0.15) is 6.61 Å². The highest BCUT2D eigenvalue weighted by Crippen LogP contribution is 2.13. The Balaban J connectivity index is 2.18. The number of rotatable bonds is 13. The van der Waals surface area contributed by atoms with Gasteiger partial charge < -0.3 is 9.47 Å². The molecule has 0 aliphatic rings. The van der Waals surface area contributed by atoms with Crippen molar-refractivity contribution in [2.75, 3.05) is 19.8 Å². The van der Waals surface area contributed by atoms with Crippen LogP contribution in [0.4, 0.5) is 0 Å². The summed E-state index contributed by atoms with van der Waals surface area (Å²) in [7, 11) is 0. The number of esters is 1. The summed E-state index contributed by atoms with van der Waals surface area (Å²) in [6.07, 6.45) is 9.40. The molecule has 0 saturated carbocycles. The maximum Gasteiger partial charge on any atom is 0.338 e. The fraction of sp³-hybridized carbons (Fsp3) is 0.667. The highest BCUT2D eigenvalue weighted by molar-refractivity contribution is 5.89. The first-order chi connectivity index (χ1) is 11.7. The van der Waals surface area contributed by atoms with E-state index < -0.39 is 0 Å². The zero-order valence-electron chi connectivity index (χ0n) is 15.7. The van der Waals surface area contributed by atoms with Crippen LogP contribution in [0.1, 0.15) is 80.8 Å². The molecule has 0 fully saturated rings. The van der Waals surface area contributed by atoms with Gasteiger partial charge in [0.15, 0.2) is 0 Å². The fourth-order valence-corrected chi connectivity index (χ4v) is 2.65. The van der Waals surface area contributed by atoms with E-state index in [-0.39, 0.29) is 5.97 Å². The van der Waals surface area contributed by atoms with Gasteiger partial charge in [-0.05, 0) is 42.5 Å². The van der Waals surface area contributed by atoms with Crippen LogP contribution >= 0.6 is 0 Å². The third kappa shape index (κ3) is 8.49. The Labute approximate surface area is 147 Å². The Kier molecular flexibility index (Phi) is 11.2. The summed E-state index contributed by atoms with van der Waals surface area (Å²) in [4.78, 5) is 12.1. The molecule has 0 aromatic heterocycles. The van der Waals surface area contributed by atoms with Gasteiger partial charge in [-0.15, -0.1) is 0 Å². The van der Waals surface area contributed by atoms with E-state index in [1.807, 2.05) is 12.1 Å². The minimum absolute atomic E-state index is 0.247. The highest BCUT2D eigenvalue weighted by atomic mass is 16.6. The van der Waals surface area contributed by atoms with Crippen molar-refractivity contribution in [2.24, 2.45) is 0 Å². The fourth-order valence-electron chi connectivity index (χ4n) is 2.65. The molecule has 0 heterocycles. The first-order valence-corrected chi connectivity index (χ1v) is 9.58. The van der Waals surface area contributed by atoms with E-state index in [0.29, 0.717) is 18.8 Å². The van der Waals surface area contributed by atoms with Gasteiger partial charge in [-0.3, -0.25) is 0 Å². The number of hydrogen-bond donors (Lipinski definition) is 0. The largest absolute Gasteiger partial charge is 0.460 e. The van der Waals surface area contributed by atoms with Crippen LogP contribution in [-0.4, -0.2) is 25.8 Å². The van der Waals surface area contributed by atoms with Crippen LogP contribution in [0.2, 0.25) is 0 Å². The summed E-state index contributed by atoms with van der Waals surface area (Å²) in [5, 5.41) is 0. The molecule has 1 aromatic carbocycles. The van der Waals surface area contributed by atoms with Crippen LogP contribution in [-0.2, 0) is 22.3 Å². The lowest BCUT2D eigenvalue weighted by Crippen LogP contribution is -2.12. The van der Waals surface area contributed by atoms with Crippen molar-refractivity contribution in [2.45, 2.75) is 72.1 Å². The Morgan fingerprint density at radius 2 is 1.42 bits per heavy atom. The van der Waals surface area contributed by atoms with E-state index in [1.54, 1.807) is 0 Å². The van der Waals surface area contributed by atoms with Gasteiger partial charge in [-0.2, -0.15) is 0 Å². The van der Waals surface area contributed by atoms with Crippen molar-refractivity contribution in [3.05, 3.63) is 34.9 Å². The second-order valence-corrected chi connectivity index (χ2v) is 6.26. The summed E-state index contributed by atoms with van der Waals surface area (Å²) in [6.45, 7) is 7.99. The van der Waals surface area contributed by atoms with E-state index in [1.165, 1.54) is 43.2 Å². The Hall–Kier alpha value is -1.35. The molecular weight excluding hydrogens is 300 g/mol. The monoisotopic (exact) mass is 334 g/mol. The van der Waals surface area contributed by atoms with Crippen LogP contribution in [0.15, 0.2) is 18.2 Å². The lowest BCUT2D eigenvalue weighted by Gasteiger charge is -2.09. The minimum Gasteiger partial charge on any atom is -0.460 e. The Morgan fingerprint density at radius 3 is 2.04 bits per heavy atom. The number of carbonyl (C=O) groups excluding carboxylic acids is 1. The molecule has 24 heavy (non-hydrogen) atoms. The number of hydrogen-bond acceptors (Lipinski definition) is 3. The van der Waals surface area contributed by atoms with Crippen LogP contribution in [0.3, 0.4) is 0 Å². The Morgan fingerprint density at radius 1 is 0.792 bits per heavy atom. The molecule has 0 atom stereocenters. The maximum atomic E-state index is 12.1. The summed E-state index contributed by atoms with van der Waals surface area (Å²) >= 11 is 0. The quantitative estimate of drug-likeness (QED) is 0.360.